The third-order valence-electron chi connectivity index (χ3n) is 3.03. The summed E-state index contributed by atoms with van der Waals surface area (Å²) in [5.41, 5.74) is 2.81. The SMILES string of the molecule is CC(C)CNCc1cc(Cl)ccc1N(C)CC(C)(C)C. The molecule has 0 unspecified atom stereocenters. The summed E-state index contributed by atoms with van der Waals surface area (Å²) in [5.74, 6) is 0.657. The number of nitrogens with one attached hydrogen (secondary N) is 1. The summed E-state index contributed by atoms with van der Waals surface area (Å²) in [4.78, 5) is 2.32. The van der Waals surface area contributed by atoms with Crippen LogP contribution in [-0.2, 0) is 6.54 Å². The third-order valence-corrected chi connectivity index (χ3v) is 3.27. The molecule has 1 aromatic rings. The summed E-state index contributed by atoms with van der Waals surface area (Å²) >= 11 is 6.15. The fourth-order valence-corrected chi connectivity index (χ4v) is 2.55. The first-order valence-corrected chi connectivity index (χ1v) is 7.77. The molecule has 2 nitrogen and oxygen atoms in total. The average molecular weight is 297 g/mol. The number of hydrogen-bond donors (Lipinski definition) is 1. The van der Waals surface area contributed by atoms with Gasteiger partial charge in [0, 0.05) is 30.8 Å². The summed E-state index contributed by atoms with van der Waals surface area (Å²) in [6, 6.07) is 6.17. The van der Waals surface area contributed by atoms with Crippen LogP contribution >= 0.6 is 11.6 Å². The zero-order chi connectivity index (χ0) is 15.3. The van der Waals surface area contributed by atoms with E-state index < -0.39 is 0 Å². The Kier molecular flexibility index (Phi) is 6.35. The molecule has 0 aromatic heterocycles. The minimum atomic E-state index is 0.275. The minimum Gasteiger partial charge on any atom is -0.374 e. The van der Waals surface area contributed by atoms with Gasteiger partial charge in [-0.3, -0.25) is 0 Å². The summed E-state index contributed by atoms with van der Waals surface area (Å²) in [7, 11) is 2.15. The average Bonchev–Trinajstić information content (AvgIpc) is 2.25. The second kappa shape index (κ2) is 7.33. The van der Waals surface area contributed by atoms with Gasteiger partial charge in [0.05, 0.1) is 0 Å². The van der Waals surface area contributed by atoms with Gasteiger partial charge in [0.25, 0.3) is 0 Å². The Morgan fingerprint density at radius 2 is 1.90 bits per heavy atom. The van der Waals surface area contributed by atoms with Crippen molar-refractivity contribution >= 4 is 17.3 Å². The summed E-state index contributed by atoms with van der Waals surface area (Å²) in [6.07, 6.45) is 0. The molecule has 0 spiro atoms. The lowest BCUT2D eigenvalue weighted by atomic mass is 9.95. The highest BCUT2D eigenvalue weighted by molar-refractivity contribution is 6.30. The van der Waals surface area contributed by atoms with Crippen LogP contribution < -0.4 is 10.2 Å². The van der Waals surface area contributed by atoms with Crippen LogP contribution in [-0.4, -0.2) is 20.1 Å². The van der Waals surface area contributed by atoms with Crippen molar-refractivity contribution in [2.75, 3.05) is 25.0 Å². The lowest BCUT2D eigenvalue weighted by molar-refractivity contribution is 0.418. The van der Waals surface area contributed by atoms with E-state index in [4.69, 9.17) is 11.6 Å². The molecule has 0 amide bonds. The highest BCUT2D eigenvalue weighted by atomic mass is 35.5. The van der Waals surface area contributed by atoms with E-state index in [0.29, 0.717) is 5.92 Å². The molecule has 114 valence electrons. The Balaban J connectivity index is 2.83. The van der Waals surface area contributed by atoms with Gasteiger partial charge < -0.3 is 10.2 Å². The Labute approximate surface area is 129 Å². The molecule has 0 saturated heterocycles. The van der Waals surface area contributed by atoms with Gasteiger partial charge in [-0.05, 0) is 41.6 Å². The third kappa shape index (κ3) is 6.15. The molecule has 0 aliphatic carbocycles. The van der Waals surface area contributed by atoms with E-state index in [1.54, 1.807) is 0 Å². The maximum Gasteiger partial charge on any atom is 0.0410 e. The van der Waals surface area contributed by atoms with Crippen molar-refractivity contribution in [3.63, 3.8) is 0 Å². The topological polar surface area (TPSA) is 15.3 Å². The normalized spacial score (nSPS) is 12.0. The maximum atomic E-state index is 6.15. The van der Waals surface area contributed by atoms with Crippen LogP contribution in [0.3, 0.4) is 0 Å². The second-order valence-corrected chi connectivity index (χ2v) is 7.65. The van der Waals surface area contributed by atoms with Crippen molar-refractivity contribution in [1.29, 1.82) is 0 Å². The van der Waals surface area contributed by atoms with Crippen molar-refractivity contribution in [3.05, 3.63) is 28.8 Å². The van der Waals surface area contributed by atoms with E-state index in [1.165, 1.54) is 11.3 Å². The van der Waals surface area contributed by atoms with Gasteiger partial charge in [-0.15, -0.1) is 0 Å². The van der Waals surface area contributed by atoms with Crippen LogP contribution in [0.25, 0.3) is 0 Å². The maximum absolute atomic E-state index is 6.15. The fraction of sp³-hybridized carbons (Fsp3) is 0.647. The molecule has 20 heavy (non-hydrogen) atoms. The van der Waals surface area contributed by atoms with Crippen LogP contribution in [0.4, 0.5) is 5.69 Å². The van der Waals surface area contributed by atoms with Crippen LogP contribution in [0.2, 0.25) is 5.02 Å². The molecule has 0 bridgehead atoms. The first-order chi connectivity index (χ1) is 9.19. The summed E-state index contributed by atoms with van der Waals surface area (Å²) in [6.45, 7) is 14.1. The first kappa shape index (κ1) is 17.3. The number of hydrogen-bond acceptors (Lipinski definition) is 2. The lowest BCUT2D eigenvalue weighted by Gasteiger charge is -2.30. The molecule has 0 heterocycles. The van der Waals surface area contributed by atoms with E-state index in [0.717, 1.165) is 24.7 Å². The Hall–Kier alpha value is -0.730. The Bertz CT molecular complexity index is 421. The molecule has 1 N–H and O–H groups in total. The Morgan fingerprint density at radius 1 is 1.25 bits per heavy atom. The van der Waals surface area contributed by atoms with Crippen molar-refractivity contribution in [2.45, 2.75) is 41.2 Å². The standard InChI is InChI=1S/C17H29ClN2/c1-13(2)10-19-11-14-9-15(18)7-8-16(14)20(6)12-17(3,4)5/h7-9,13,19H,10-12H2,1-6H3. The molecular weight excluding hydrogens is 268 g/mol. The van der Waals surface area contributed by atoms with Gasteiger partial charge in [0.15, 0.2) is 0 Å². The van der Waals surface area contributed by atoms with Gasteiger partial charge in [0.1, 0.15) is 0 Å². The van der Waals surface area contributed by atoms with Crippen LogP contribution in [0.1, 0.15) is 40.2 Å². The van der Waals surface area contributed by atoms with Gasteiger partial charge in [-0.2, -0.15) is 0 Å². The predicted molar refractivity (Wildman–Crippen MR) is 90.7 cm³/mol. The van der Waals surface area contributed by atoms with Crippen LogP contribution in [0.5, 0.6) is 0 Å². The van der Waals surface area contributed by atoms with Crippen LogP contribution in [0.15, 0.2) is 18.2 Å². The summed E-state index contributed by atoms with van der Waals surface area (Å²) < 4.78 is 0. The van der Waals surface area contributed by atoms with E-state index in [-0.39, 0.29) is 5.41 Å². The molecule has 1 rings (SSSR count). The zero-order valence-corrected chi connectivity index (χ0v) is 14.5. The monoisotopic (exact) mass is 296 g/mol. The molecule has 0 fully saturated rings. The van der Waals surface area contributed by atoms with Crippen LogP contribution in [0, 0.1) is 11.3 Å². The largest absolute Gasteiger partial charge is 0.374 e. The van der Waals surface area contributed by atoms with Crippen molar-refractivity contribution in [1.82, 2.24) is 5.32 Å². The first-order valence-electron chi connectivity index (χ1n) is 7.39. The van der Waals surface area contributed by atoms with Crippen molar-refractivity contribution in [3.8, 4) is 0 Å². The number of benzene rings is 1. The molecule has 0 radical (unpaired) electrons. The number of rotatable bonds is 6. The lowest BCUT2D eigenvalue weighted by Crippen LogP contribution is -2.30. The predicted octanol–water partition coefficient (Wildman–Crippen LogP) is 4.57. The van der Waals surface area contributed by atoms with Gasteiger partial charge in [0.2, 0.25) is 0 Å². The zero-order valence-electron chi connectivity index (χ0n) is 13.8. The molecule has 3 heteroatoms. The highest BCUT2D eigenvalue weighted by Crippen LogP contribution is 2.26. The van der Waals surface area contributed by atoms with E-state index in [9.17, 15) is 0 Å². The molecule has 0 aliphatic rings. The highest BCUT2D eigenvalue weighted by Gasteiger charge is 2.16. The van der Waals surface area contributed by atoms with Crippen molar-refractivity contribution in [2.24, 2.45) is 11.3 Å². The molecule has 0 saturated carbocycles. The van der Waals surface area contributed by atoms with E-state index in [2.05, 4.69) is 64.0 Å². The second-order valence-electron chi connectivity index (χ2n) is 7.21. The Morgan fingerprint density at radius 3 is 2.45 bits per heavy atom. The molecule has 0 aliphatic heterocycles. The van der Waals surface area contributed by atoms with E-state index >= 15 is 0 Å². The van der Waals surface area contributed by atoms with Gasteiger partial charge in [-0.1, -0.05) is 46.2 Å². The quantitative estimate of drug-likeness (QED) is 0.827. The number of nitrogens with zero attached hydrogens (tertiary/aromatic N) is 1. The summed E-state index contributed by atoms with van der Waals surface area (Å²) in [5, 5.41) is 4.31. The number of anilines is 1. The molecule has 1 aromatic carbocycles. The fourth-order valence-electron chi connectivity index (χ4n) is 2.36. The number of halogens is 1. The van der Waals surface area contributed by atoms with Gasteiger partial charge >= 0.3 is 0 Å². The van der Waals surface area contributed by atoms with Gasteiger partial charge in [-0.25, -0.2) is 0 Å². The molecule has 0 atom stereocenters. The van der Waals surface area contributed by atoms with E-state index in [1.807, 2.05) is 6.07 Å². The van der Waals surface area contributed by atoms with Crippen molar-refractivity contribution < 1.29 is 0 Å². The smallest absolute Gasteiger partial charge is 0.0410 e. The minimum absolute atomic E-state index is 0.275. The molecular formula is C17H29ClN2.